The van der Waals surface area contributed by atoms with E-state index in [1.165, 1.54) is 6.07 Å². The fraction of sp³-hybridized carbons (Fsp3) is 0.333. The highest BCUT2D eigenvalue weighted by Gasteiger charge is 2.27. The molecule has 0 bridgehead atoms. The third kappa shape index (κ3) is 2.79. The molecule has 0 amide bonds. The minimum absolute atomic E-state index is 0.285. The smallest absolute Gasteiger partial charge is 0.150 e. The van der Waals surface area contributed by atoms with Crippen LogP contribution in [0, 0.1) is 12.7 Å². The number of rotatable bonds is 3. The molecular weight excluding hydrogens is 371 g/mol. The second-order valence-electron chi connectivity index (χ2n) is 6.28. The Labute approximate surface area is 148 Å². The molecular formula is C18H18BrFN4. The van der Waals surface area contributed by atoms with Crippen molar-refractivity contribution in [1.82, 2.24) is 14.8 Å². The molecule has 124 valence electrons. The molecule has 0 radical (unpaired) electrons. The van der Waals surface area contributed by atoms with Crippen LogP contribution in [0.2, 0.25) is 0 Å². The number of anilines is 1. The van der Waals surface area contributed by atoms with E-state index in [1.54, 1.807) is 6.20 Å². The molecule has 1 aliphatic rings. The van der Waals surface area contributed by atoms with Crippen LogP contribution in [0.5, 0.6) is 0 Å². The maximum atomic E-state index is 14.4. The highest BCUT2D eigenvalue weighted by atomic mass is 79.9. The summed E-state index contributed by atoms with van der Waals surface area (Å²) in [4.78, 5) is 6.79. The predicted molar refractivity (Wildman–Crippen MR) is 96.7 cm³/mol. The molecule has 1 unspecified atom stereocenters. The number of hydrogen-bond donors (Lipinski definition) is 0. The number of nitrogens with zero attached hydrogens (tertiary/aromatic N) is 4. The van der Waals surface area contributed by atoms with Crippen molar-refractivity contribution in [3.8, 4) is 0 Å². The van der Waals surface area contributed by atoms with Gasteiger partial charge in [0.15, 0.2) is 5.82 Å². The molecule has 0 aliphatic carbocycles. The molecule has 1 fully saturated rings. The van der Waals surface area contributed by atoms with Gasteiger partial charge in [-0.3, -0.25) is 4.68 Å². The van der Waals surface area contributed by atoms with Crippen LogP contribution in [0.1, 0.15) is 18.5 Å². The maximum Gasteiger partial charge on any atom is 0.150 e. The monoisotopic (exact) mass is 388 g/mol. The molecule has 1 atom stereocenters. The minimum atomic E-state index is -0.285. The van der Waals surface area contributed by atoms with Gasteiger partial charge in [0, 0.05) is 46.2 Å². The molecule has 4 nitrogen and oxygen atoms in total. The normalized spacial score (nSPS) is 17.8. The fourth-order valence-corrected chi connectivity index (χ4v) is 3.99. The van der Waals surface area contributed by atoms with Crippen LogP contribution in [-0.2, 0) is 6.54 Å². The summed E-state index contributed by atoms with van der Waals surface area (Å²) in [5, 5.41) is 5.19. The van der Waals surface area contributed by atoms with E-state index in [-0.39, 0.29) is 5.82 Å². The molecule has 1 aromatic carbocycles. The fourth-order valence-electron chi connectivity index (χ4n) is 3.56. The molecule has 1 saturated heterocycles. The van der Waals surface area contributed by atoms with E-state index in [0.29, 0.717) is 11.6 Å². The van der Waals surface area contributed by atoms with Crippen molar-refractivity contribution in [2.45, 2.75) is 32.4 Å². The number of aryl methyl sites for hydroxylation is 1. The molecule has 0 N–H and O–H groups in total. The van der Waals surface area contributed by atoms with Crippen LogP contribution >= 0.6 is 15.9 Å². The van der Waals surface area contributed by atoms with E-state index in [2.05, 4.69) is 37.0 Å². The molecule has 3 aromatic rings. The third-order valence-electron chi connectivity index (χ3n) is 4.58. The number of fused-ring (bicyclic) bond motifs is 1. The van der Waals surface area contributed by atoms with Gasteiger partial charge >= 0.3 is 0 Å². The van der Waals surface area contributed by atoms with Crippen LogP contribution in [0.3, 0.4) is 0 Å². The Morgan fingerprint density at radius 3 is 3.00 bits per heavy atom. The van der Waals surface area contributed by atoms with Crippen molar-refractivity contribution in [1.29, 1.82) is 0 Å². The van der Waals surface area contributed by atoms with Crippen molar-refractivity contribution in [3.05, 3.63) is 52.6 Å². The Hall–Kier alpha value is -1.95. The van der Waals surface area contributed by atoms with E-state index in [9.17, 15) is 4.39 Å². The zero-order chi connectivity index (χ0) is 16.7. The second-order valence-corrected chi connectivity index (χ2v) is 7.20. The maximum absolute atomic E-state index is 14.4. The Bertz CT molecular complexity index is 878. The van der Waals surface area contributed by atoms with Crippen LogP contribution in [0.25, 0.3) is 10.9 Å². The highest BCUT2D eigenvalue weighted by molar-refractivity contribution is 9.10. The van der Waals surface area contributed by atoms with Crippen molar-refractivity contribution < 1.29 is 4.39 Å². The van der Waals surface area contributed by atoms with Gasteiger partial charge in [-0.1, -0.05) is 15.9 Å². The zero-order valence-corrected chi connectivity index (χ0v) is 15.0. The van der Waals surface area contributed by atoms with E-state index in [1.807, 2.05) is 29.9 Å². The van der Waals surface area contributed by atoms with Gasteiger partial charge in [0.2, 0.25) is 0 Å². The highest BCUT2D eigenvalue weighted by Crippen LogP contribution is 2.35. The number of aromatic nitrogens is 3. The molecule has 24 heavy (non-hydrogen) atoms. The van der Waals surface area contributed by atoms with Gasteiger partial charge in [0.25, 0.3) is 0 Å². The summed E-state index contributed by atoms with van der Waals surface area (Å²) in [7, 11) is 0. The lowest BCUT2D eigenvalue weighted by atomic mass is 10.1. The number of benzene rings is 1. The molecule has 2 aromatic heterocycles. The van der Waals surface area contributed by atoms with Crippen molar-refractivity contribution in [3.63, 3.8) is 0 Å². The zero-order valence-electron chi connectivity index (χ0n) is 13.4. The Morgan fingerprint density at radius 2 is 2.21 bits per heavy atom. The van der Waals surface area contributed by atoms with E-state index < -0.39 is 0 Å². The molecule has 0 saturated carbocycles. The summed E-state index contributed by atoms with van der Waals surface area (Å²) >= 11 is 3.41. The predicted octanol–water partition coefficient (Wildman–Crippen LogP) is 4.31. The standard InChI is InChI=1S/C18H18BrFN4/c1-12-8-17(15-9-13(19)10-16(20)18(15)22-12)24-7-2-4-14(24)11-23-6-3-5-21-23/h3,5-6,8-10,14H,2,4,7,11H2,1H3. The summed E-state index contributed by atoms with van der Waals surface area (Å²) in [5.41, 5.74) is 2.34. The molecule has 0 spiro atoms. The van der Waals surface area contributed by atoms with Gasteiger partial charge in [-0.05, 0) is 44.0 Å². The first kappa shape index (κ1) is 15.6. The van der Waals surface area contributed by atoms with Gasteiger partial charge in [-0.15, -0.1) is 0 Å². The van der Waals surface area contributed by atoms with Gasteiger partial charge in [0.05, 0.1) is 6.54 Å². The van der Waals surface area contributed by atoms with E-state index in [0.717, 1.165) is 47.2 Å². The summed E-state index contributed by atoms with van der Waals surface area (Å²) in [6.45, 7) is 3.73. The lowest BCUT2D eigenvalue weighted by Crippen LogP contribution is -2.33. The summed E-state index contributed by atoms with van der Waals surface area (Å²) in [5.74, 6) is -0.285. The van der Waals surface area contributed by atoms with Gasteiger partial charge in [-0.2, -0.15) is 5.10 Å². The Morgan fingerprint density at radius 1 is 1.33 bits per heavy atom. The van der Waals surface area contributed by atoms with Crippen LogP contribution in [0.15, 0.2) is 41.1 Å². The average molecular weight is 389 g/mol. The Kier molecular flexibility index (Phi) is 4.00. The first-order chi connectivity index (χ1) is 11.6. The number of pyridine rings is 1. The quantitative estimate of drug-likeness (QED) is 0.670. The van der Waals surface area contributed by atoms with Crippen molar-refractivity contribution in [2.75, 3.05) is 11.4 Å². The first-order valence-electron chi connectivity index (χ1n) is 8.12. The van der Waals surface area contributed by atoms with Crippen molar-refractivity contribution >= 4 is 32.5 Å². The number of halogens is 2. The topological polar surface area (TPSA) is 34.0 Å². The summed E-state index contributed by atoms with van der Waals surface area (Å²) < 4.78 is 17.1. The van der Waals surface area contributed by atoms with Gasteiger partial charge in [-0.25, -0.2) is 9.37 Å². The Balaban J connectivity index is 1.80. The second kappa shape index (κ2) is 6.16. The average Bonchev–Trinajstić information content (AvgIpc) is 3.20. The lowest BCUT2D eigenvalue weighted by molar-refractivity contribution is 0.509. The van der Waals surface area contributed by atoms with Crippen LogP contribution < -0.4 is 4.90 Å². The third-order valence-corrected chi connectivity index (χ3v) is 5.04. The summed E-state index contributed by atoms with van der Waals surface area (Å²) in [6, 6.07) is 7.80. The molecule has 1 aliphatic heterocycles. The minimum Gasteiger partial charge on any atom is -0.366 e. The van der Waals surface area contributed by atoms with Crippen molar-refractivity contribution in [2.24, 2.45) is 0 Å². The van der Waals surface area contributed by atoms with Gasteiger partial charge in [0.1, 0.15) is 5.52 Å². The van der Waals surface area contributed by atoms with E-state index in [4.69, 9.17) is 0 Å². The first-order valence-corrected chi connectivity index (χ1v) is 8.91. The molecule has 4 rings (SSSR count). The van der Waals surface area contributed by atoms with Gasteiger partial charge < -0.3 is 4.90 Å². The molecule has 6 heteroatoms. The SMILES string of the molecule is Cc1cc(N2CCCC2Cn2cccn2)c2cc(Br)cc(F)c2n1. The molecule has 3 heterocycles. The van der Waals surface area contributed by atoms with Crippen LogP contribution in [0.4, 0.5) is 10.1 Å². The lowest BCUT2D eigenvalue weighted by Gasteiger charge is -2.28. The van der Waals surface area contributed by atoms with E-state index >= 15 is 0 Å². The number of hydrogen-bond acceptors (Lipinski definition) is 3. The summed E-state index contributed by atoms with van der Waals surface area (Å²) in [6.07, 6.45) is 6.03. The van der Waals surface area contributed by atoms with Crippen LogP contribution in [-0.4, -0.2) is 27.4 Å². The largest absolute Gasteiger partial charge is 0.366 e.